The van der Waals surface area contributed by atoms with Crippen LogP contribution in [0.1, 0.15) is 12.5 Å². The molecule has 1 unspecified atom stereocenters. The molecule has 1 atom stereocenters. The zero-order valence-corrected chi connectivity index (χ0v) is 10.0. The summed E-state index contributed by atoms with van der Waals surface area (Å²) in [7, 11) is 0. The normalized spacial score (nSPS) is 11.7. The Bertz CT molecular complexity index is 320. The van der Waals surface area contributed by atoms with Gasteiger partial charge in [-0.1, -0.05) is 6.07 Å². The van der Waals surface area contributed by atoms with E-state index in [1.807, 2.05) is 6.92 Å². The van der Waals surface area contributed by atoms with Gasteiger partial charge in [-0.3, -0.25) is 0 Å². The third-order valence-electron chi connectivity index (χ3n) is 2.06. The van der Waals surface area contributed by atoms with Crippen molar-refractivity contribution < 1.29 is 14.9 Å². The highest BCUT2D eigenvalue weighted by Crippen LogP contribution is 2.27. The third-order valence-corrected chi connectivity index (χ3v) is 2.06. The lowest BCUT2D eigenvalue weighted by Gasteiger charge is -2.11. The topological polar surface area (TPSA) is 75.7 Å². The SMILES string of the molecule is CCOc1cc(CC(N)CO)ccc1O.Cl. The lowest BCUT2D eigenvalue weighted by atomic mass is 10.1. The number of halogens is 1. The number of ether oxygens (including phenoxy) is 1. The number of phenolic OH excluding ortho intramolecular Hbond substituents is 1. The molecule has 1 rings (SSSR count). The average molecular weight is 248 g/mol. The Kier molecular flexibility index (Phi) is 6.88. The van der Waals surface area contributed by atoms with E-state index < -0.39 is 0 Å². The number of aromatic hydroxyl groups is 1. The highest BCUT2D eigenvalue weighted by Gasteiger charge is 2.06. The smallest absolute Gasteiger partial charge is 0.161 e. The molecule has 0 spiro atoms. The molecule has 4 nitrogen and oxygen atoms in total. The highest BCUT2D eigenvalue weighted by molar-refractivity contribution is 5.85. The molecule has 0 aliphatic rings. The second-order valence-electron chi connectivity index (χ2n) is 3.38. The minimum absolute atomic E-state index is 0. The zero-order valence-electron chi connectivity index (χ0n) is 9.22. The van der Waals surface area contributed by atoms with Crippen LogP contribution in [0, 0.1) is 0 Å². The molecule has 0 saturated carbocycles. The van der Waals surface area contributed by atoms with Crippen LogP contribution in [-0.4, -0.2) is 29.5 Å². The van der Waals surface area contributed by atoms with Crippen LogP contribution in [0.15, 0.2) is 18.2 Å². The minimum atomic E-state index is -0.274. The second-order valence-corrected chi connectivity index (χ2v) is 3.38. The van der Waals surface area contributed by atoms with E-state index in [2.05, 4.69) is 0 Å². The van der Waals surface area contributed by atoms with Gasteiger partial charge >= 0.3 is 0 Å². The van der Waals surface area contributed by atoms with Crippen molar-refractivity contribution in [1.29, 1.82) is 0 Å². The standard InChI is InChI=1S/C11H17NO3.ClH/c1-2-15-11-6-8(3-4-10(11)14)5-9(12)7-13;/h3-4,6,9,13-14H,2,5,7,12H2,1H3;1H. The number of aliphatic hydroxyl groups is 1. The molecule has 0 fully saturated rings. The third kappa shape index (κ3) is 4.26. The molecule has 1 aromatic rings. The van der Waals surface area contributed by atoms with E-state index in [1.165, 1.54) is 0 Å². The number of rotatable bonds is 5. The Morgan fingerprint density at radius 2 is 2.12 bits per heavy atom. The summed E-state index contributed by atoms with van der Waals surface area (Å²) < 4.78 is 5.24. The number of aliphatic hydroxyl groups excluding tert-OH is 1. The monoisotopic (exact) mass is 247 g/mol. The van der Waals surface area contributed by atoms with Crippen LogP contribution >= 0.6 is 12.4 Å². The van der Waals surface area contributed by atoms with E-state index in [4.69, 9.17) is 15.6 Å². The fourth-order valence-corrected chi connectivity index (χ4v) is 1.32. The van der Waals surface area contributed by atoms with E-state index in [0.29, 0.717) is 18.8 Å². The molecule has 92 valence electrons. The largest absolute Gasteiger partial charge is 0.504 e. The predicted molar refractivity (Wildman–Crippen MR) is 65.3 cm³/mol. The molecule has 0 aliphatic carbocycles. The maximum Gasteiger partial charge on any atom is 0.161 e. The maximum atomic E-state index is 9.45. The van der Waals surface area contributed by atoms with Gasteiger partial charge in [0.05, 0.1) is 13.2 Å². The van der Waals surface area contributed by atoms with Crippen LogP contribution in [0.5, 0.6) is 11.5 Å². The first kappa shape index (κ1) is 15.0. The highest BCUT2D eigenvalue weighted by atomic mass is 35.5. The Morgan fingerprint density at radius 3 is 2.69 bits per heavy atom. The lowest BCUT2D eigenvalue weighted by molar-refractivity contribution is 0.265. The van der Waals surface area contributed by atoms with Gasteiger partial charge in [0.25, 0.3) is 0 Å². The number of hydrogen-bond acceptors (Lipinski definition) is 4. The van der Waals surface area contributed by atoms with Gasteiger partial charge in [-0.05, 0) is 31.0 Å². The van der Waals surface area contributed by atoms with Gasteiger partial charge in [0.2, 0.25) is 0 Å². The summed E-state index contributed by atoms with van der Waals surface area (Å²) in [6, 6.07) is 4.82. The summed E-state index contributed by atoms with van der Waals surface area (Å²) >= 11 is 0. The number of hydrogen-bond donors (Lipinski definition) is 3. The number of phenols is 1. The van der Waals surface area contributed by atoms with Crippen LogP contribution in [0.3, 0.4) is 0 Å². The molecule has 0 aromatic heterocycles. The molecule has 5 heteroatoms. The van der Waals surface area contributed by atoms with Crippen molar-refractivity contribution >= 4 is 12.4 Å². The van der Waals surface area contributed by atoms with Crippen molar-refractivity contribution in [3.05, 3.63) is 23.8 Å². The Labute approximate surface area is 101 Å². The van der Waals surface area contributed by atoms with Crippen molar-refractivity contribution in [3.8, 4) is 11.5 Å². The lowest BCUT2D eigenvalue weighted by Crippen LogP contribution is -2.26. The van der Waals surface area contributed by atoms with E-state index in [9.17, 15) is 5.11 Å². The van der Waals surface area contributed by atoms with Gasteiger partial charge < -0.3 is 20.7 Å². The summed E-state index contributed by atoms with van der Waals surface area (Å²) in [5.74, 6) is 0.582. The molecule has 0 radical (unpaired) electrons. The van der Waals surface area contributed by atoms with Gasteiger partial charge in [-0.2, -0.15) is 0 Å². The fraction of sp³-hybridized carbons (Fsp3) is 0.455. The molecule has 0 aliphatic heterocycles. The van der Waals surface area contributed by atoms with E-state index in [1.54, 1.807) is 18.2 Å². The first-order chi connectivity index (χ1) is 7.17. The summed E-state index contributed by atoms with van der Waals surface area (Å²) in [4.78, 5) is 0. The molecule has 0 bridgehead atoms. The van der Waals surface area contributed by atoms with Crippen molar-refractivity contribution in [3.63, 3.8) is 0 Å². The Hall–Kier alpha value is -0.970. The van der Waals surface area contributed by atoms with E-state index in [0.717, 1.165) is 5.56 Å². The van der Waals surface area contributed by atoms with Gasteiger partial charge in [0.15, 0.2) is 11.5 Å². The van der Waals surface area contributed by atoms with E-state index in [-0.39, 0.29) is 30.8 Å². The first-order valence-electron chi connectivity index (χ1n) is 4.98. The zero-order chi connectivity index (χ0) is 11.3. The van der Waals surface area contributed by atoms with Gasteiger partial charge in [0, 0.05) is 6.04 Å². The van der Waals surface area contributed by atoms with Crippen molar-refractivity contribution in [2.24, 2.45) is 5.73 Å². The van der Waals surface area contributed by atoms with Crippen LogP contribution in [0.2, 0.25) is 0 Å². The summed E-state index contributed by atoms with van der Waals surface area (Å²) in [6.45, 7) is 2.31. The molecule has 0 amide bonds. The van der Waals surface area contributed by atoms with Crippen LogP contribution < -0.4 is 10.5 Å². The summed E-state index contributed by atoms with van der Waals surface area (Å²) in [5, 5.41) is 18.3. The molecule has 0 saturated heterocycles. The molecule has 16 heavy (non-hydrogen) atoms. The summed E-state index contributed by atoms with van der Waals surface area (Å²) in [6.07, 6.45) is 0.566. The first-order valence-corrected chi connectivity index (χ1v) is 4.98. The quantitative estimate of drug-likeness (QED) is 0.728. The van der Waals surface area contributed by atoms with E-state index >= 15 is 0 Å². The Balaban J connectivity index is 0.00000225. The van der Waals surface area contributed by atoms with Gasteiger partial charge in [-0.15, -0.1) is 12.4 Å². The minimum Gasteiger partial charge on any atom is -0.504 e. The van der Waals surface area contributed by atoms with Crippen molar-refractivity contribution in [2.45, 2.75) is 19.4 Å². The second kappa shape index (κ2) is 7.33. The molecule has 1 aromatic carbocycles. The number of nitrogens with two attached hydrogens (primary N) is 1. The molecular weight excluding hydrogens is 230 g/mol. The fourth-order valence-electron chi connectivity index (χ4n) is 1.32. The maximum absolute atomic E-state index is 9.45. The number of benzene rings is 1. The van der Waals surface area contributed by atoms with Crippen molar-refractivity contribution in [1.82, 2.24) is 0 Å². The predicted octanol–water partition coefficient (Wildman–Crippen LogP) is 1.07. The van der Waals surface area contributed by atoms with Crippen LogP contribution in [-0.2, 0) is 6.42 Å². The summed E-state index contributed by atoms with van der Waals surface area (Å²) in [5.41, 5.74) is 6.56. The molecule has 4 N–H and O–H groups in total. The van der Waals surface area contributed by atoms with Gasteiger partial charge in [-0.25, -0.2) is 0 Å². The molecular formula is C11H18ClNO3. The van der Waals surface area contributed by atoms with Crippen molar-refractivity contribution in [2.75, 3.05) is 13.2 Å². The average Bonchev–Trinajstić information content (AvgIpc) is 2.23. The molecule has 0 heterocycles. The van der Waals surface area contributed by atoms with Gasteiger partial charge in [0.1, 0.15) is 0 Å². The van der Waals surface area contributed by atoms with Crippen LogP contribution in [0.4, 0.5) is 0 Å². The van der Waals surface area contributed by atoms with Crippen LogP contribution in [0.25, 0.3) is 0 Å². The Morgan fingerprint density at radius 1 is 1.44 bits per heavy atom.